The molecule has 1 amide bonds. The lowest BCUT2D eigenvalue weighted by atomic mass is 10.0. The third-order valence-electron chi connectivity index (χ3n) is 4.86. The number of carbonyl (C=O) groups is 1. The largest absolute Gasteiger partial charge is 0.356 e. The lowest BCUT2D eigenvalue weighted by Gasteiger charge is -2.09. The number of fused-ring (bicyclic) bond motifs is 1. The van der Waals surface area contributed by atoms with Gasteiger partial charge in [-0.25, -0.2) is 0 Å². The highest BCUT2D eigenvalue weighted by Crippen LogP contribution is 2.36. The molecule has 0 saturated carbocycles. The summed E-state index contributed by atoms with van der Waals surface area (Å²) >= 11 is 0. The van der Waals surface area contributed by atoms with Crippen LogP contribution < -0.4 is 10.6 Å². The lowest BCUT2D eigenvalue weighted by molar-refractivity contribution is -0.110. The van der Waals surface area contributed by atoms with Crippen LogP contribution in [0.3, 0.4) is 0 Å². The topological polar surface area (TPSA) is 109 Å². The van der Waals surface area contributed by atoms with Gasteiger partial charge in [-0.15, -0.1) is 0 Å². The van der Waals surface area contributed by atoms with Crippen LogP contribution in [0.5, 0.6) is 0 Å². The Balaban J connectivity index is 1.71. The first-order valence-corrected chi connectivity index (χ1v) is 9.12. The van der Waals surface area contributed by atoms with Crippen molar-refractivity contribution in [2.45, 2.75) is 26.8 Å². The van der Waals surface area contributed by atoms with Crippen LogP contribution in [0.1, 0.15) is 31.0 Å². The van der Waals surface area contributed by atoms with Crippen LogP contribution in [-0.4, -0.2) is 25.7 Å². The fraction of sp³-hybridized carbons (Fsp3) is 0.190. The van der Waals surface area contributed by atoms with Gasteiger partial charge in [-0.1, -0.05) is 0 Å². The zero-order valence-corrected chi connectivity index (χ0v) is 16.3. The number of rotatable bonds is 4. The molecule has 1 aliphatic rings. The van der Waals surface area contributed by atoms with E-state index in [9.17, 15) is 4.79 Å². The molecule has 29 heavy (non-hydrogen) atoms. The maximum absolute atomic E-state index is 12.6. The fourth-order valence-corrected chi connectivity index (χ4v) is 3.27. The van der Waals surface area contributed by atoms with Crippen LogP contribution >= 0.6 is 0 Å². The molecule has 8 nitrogen and oxygen atoms in total. The number of hydrogen-bond acceptors (Lipinski definition) is 6. The van der Waals surface area contributed by atoms with Crippen molar-refractivity contribution in [2.24, 2.45) is 0 Å². The summed E-state index contributed by atoms with van der Waals surface area (Å²) in [4.78, 5) is 21.3. The van der Waals surface area contributed by atoms with E-state index in [1.54, 1.807) is 42.6 Å². The minimum atomic E-state index is -0.370. The fourth-order valence-electron chi connectivity index (χ4n) is 3.27. The molecule has 0 radical (unpaired) electrons. The predicted octanol–water partition coefficient (Wildman–Crippen LogP) is 3.53. The minimum absolute atomic E-state index is 0.190. The molecular formula is C21H19N7O. The number of amides is 1. The maximum Gasteiger partial charge on any atom is 0.258 e. The summed E-state index contributed by atoms with van der Waals surface area (Å²) in [6.07, 6.45) is 8.55. The summed E-state index contributed by atoms with van der Waals surface area (Å²) in [5.74, 6) is -0.190. The summed E-state index contributed by atoms with van der Waals surface area (Å²) in [7, 11) is 0. The summed E-state index contributed by atoms with van der Waals surface area (Å²) in [5, 5.41) is 19.3. The number of anilines is 2. The van der Waals surface area contributed by atoms with Gasteiger partial charge in [0.15, 0.2) is 0 Å². The lowest BCUT2D eigenvalue weighted by Crippen LogP contribution is -2.08. The summed E-state index contributed by atoms with van der Waals surface area (Å²) < 4.78 is 1.57. The Bertz CT molecular complexity index is 1190. The number of nitriles is 1. The number of aromatic nitrogens is 4. The molecule has 144 valence electrons. The second-order valence-corrected chi connectivity index (χ2v) is 6.90. The first-order valence-electron chi connectivity index (χ1n) is 9.12. The Hall–Kier alpha value is -3.99. The van der Waals surface area contributed by atoms with Crippen molar-refractivity contribution >= 4 is 22.9 Å². The molecule has 8 heteroatoms. The SMILES string of the molecule is C/C(Nc1cnn([C@@H](C)C#N)c1)=C1/C(=O)Nc2cnc(-c3cnccc3C)cc21. The van der Waals surface area contributed by atoms with Crippen LogP contribution in [0, 0.1) is 18.3 Å². The number of allylic oxidation sites excluding steroid dienone is 1. The van der Waals surface area contributed by atoms with Crippen molar-refractivity contribution in [2.75, 3.05) is 10.6 Å². The Morgan fingerprint density at radius 2 is 2.14 bits per heavy atom. The molecule has 0 aromatic carbocycles. The highest BCUT2D eigenvalue weighted by Gasteiger charge is 2.27. The zero-order valence-electron chi connectivity index (χ0n) is 16.3. The van der Waals surface area contributed by atoms with E-state index in [-0.39, 0.29) is 11.9 Å². The second kappa shape index (κ2) is 7.20. The number of aryl methyl sites for hydroxylation is 1. The van der Waals surface area contributed by atoms with Crippen molar-refractivity contribution in [3.8, 4) is 17.3 Å². The van der Waals surface area contributed by atoms with Gasteiger partial charge in [-0.3, -0.25) is 19.4 Å². The van der Waals surface area contributed by atoms with E-state index in [4.69, 9.17) is 5.26 Å². The third kappa shape index (κ3) is 3.34. The summed E-state index contributed by atoms with van der Waals surface area (Å²) in [6.45, 7) is 5.60. The first-order chi connectivity index (χ1) is 14.0. The van der Waals surface area contributed by atoms with Gasteiger partial charge >= 0.3 is 0 Å². The molecule has 3 aromatic rings. The van der Waals surface area contributed by atoms with Gasteiger partial charge in [0.1, 0.15) is 6.04 Å². The average Bonchev–Trinajstić information content (AvgIpc) is 3.30. The van der Waals surface area contributed by atoms with Gasteiger partial charge in [0.25, 0.3) is 5.91 Å². The van der Waals surface area contributed by atoms with E-state index >= 15 is 0 Å². The van der Waals surface area contributed by atoms with Crippen LogP contribution in [0.25, 0.3) is 16.8 Å². The maximum atomic E-state index is 12.6. The molecule has 0 aliphatic carbocycles. The standard InChI is InChI=1S/C21H19N7O/c1-12-4-5-23-9-17(12)18-6-16-19(10-24-18)27-21(29)20(16)14(3)26-15-8-25-28(11-15)13(2)7-22/h4-6,8-11,13,26H,1-3H3,(H,27,29)/b20-14-/t13-/m0/s1. The second-order valence-electron chi connectivity index (χ2n) is 6.90. The van der Waals surface area contributed by atoms with Crippen LogP contribution in [-0.2, 0) is 4.79 Å². The van der Waals surface area contributed by atoms with Gasteiger partial charge < -0.3 is 10.6 Å². The molecule has 4 rings (SSSR count). The van der Waals surface area contributed by atoms with Gasteiger partial charge in [0.05, 0.1) is 41.1 Å². The average molecular weight is 385 g/mol. The van der Waals surface area contributed by atoms with E-state index in [0.717, 1.165) is 22.4 Å². The molecule has 3 aromatic heterocycles. The molecule has 0 fully saturated rings. The monoisotopic (exact) mass is 385 g/mol. The molecular weight excluding hydrogens is 366 g/mol. The van der Waals surface area contributed by atoms with E-state index in [1.807, 2.05) is 26.0 Å². The minimum Gasteiger partial charge on any atom is -0.356 e. The van der Waals surface area contributed by atoms with Crippen molar-refractivity contribution in [1.82, 2.24) is 19.7 Å². The molecule has 4 heterocycles. The van der Waals surface area contributed by atoms with Crippen molar-refractivity contribution in [1.29, 1.82) is 5.26 Å². The van der Waals surface area contributed by atoms with Gasteiger partial charge in [-0.05, 0) is 38.5 Å². The number of nitrogens with zero attached hydrogens (tertiary/aromatic N) is 5. The Morgan fingerprint density at radius 1 is 1.31 bits per heavy atom. The van der Waals surface area contributed by atoms with E-state index in [0.29, 0.717) is 22.6 Å². The highest BCUT2D eigenvalue weighted by molar-refractivity contribution is 6.32. The zero-order chi connectivity index (χ0) is 20.5. The molecule has 0 saturated heterocycles. The number of carbonyl (C=O) groups excluding carboxylic acids is 1. The number of nitrogens with one attached hydrogen (secondary N) is 2. The van der Waals surface area contributed by atoms with Crippen molar-refractivity contribution in [3.63, 3.8) is 0 Å². The normalized spacial score (nSPS) is 15.3. The molecule has 2 N–H and O–H groups in total. The van der Waals surface area contributed by atoms with Crippen molar-refractivity contribution < 1.29 is 4.79 Å². The molecule has 0 spiro atoms. The molecule has 0 unspecified atom stereocenters. The van der Waals surface area contributed by atoms with E-state index in [1.165, 1.54) is 0 Å². The quantitative estimate of drug-likeness (QED) is 0.665. The van der Waals surface area contributed by atoms with E-state index < -0.39 is 0 Å². The summed E-state index contributed by atoms with van der Waals surface area (Å²) in [6, 6.07) is 5.59. The Kier molecular flexibility index (Phi) is 4.56. The highest BCUT2D eigenvalue weighted by atomic mass is 16.2. The predicted molar refractivity (Wildman–Crippen MR) is 110 cm³/mol. The first kappa shape index (κ1) is 18.4. The van der Waals surface area contributed by atoms with Crippen LogP contribution in [0.15, 0.2) is 48.8 Å². The van der Waals surface area contributed by atoms with Gasteiger partial charge in [0.2, 0.25) is 0 Å². The number of hydrogen-bond donors (Lipinski definition) is 2. The Labute approximate surface area is 167 Å². The molecule has 1 aliphatic heterocycles. The van der Waals surface area contributed by atoms with Gasteiger partial charge in [0, 0.05) is 35.4 Å². The smallest absolute Gasteiger partial charge is 0.258 e. The number of pyridine rings is 2. The molecule has 1 atom stereocenters. The summed E-state index contributed by atoms with van der Waals surface area (Å²) in [5.41, 5.74) is 6.13. The Morgan fingerprint density at radius 3 is 2.90 bits per heavy atom. The van der Waals surface area contributed by atoms with Crippen LogP contribution in [0.2, 0.25) is 0 Å². The van der Waals surface area contributed by atoms with Crippen LogP contribution in [0.4, 0.5) is 11.4 Å². The van der Waals surface area contributed by atoms with Crippen molar-refractivity contribution in [3.05, 3.63) is 59.9 Å². The van der Waals surface area contributed by atoms with E-state index in [2.05, 4.69) is 31.8 Å². The van der Waals surface area contributed by atoms with Gasteiger partial charge in [-0.2, -0.15) is 10.4 Å². The third-order valence-corrected chi connectivity index (χ3v) is 4.86. The molecule has 0 bridgehead atoms.